The third-order valence-corrected chi connectivity index (χ3v) is 3.28. The van der Waals surface area contributed by atoms with Gasteiger partial charge < -0.3 is 5.32 Å². The summed E-state index contributed by atoms with van der Waals surface area (Å²) in [5.74, 6) is -0.986. The quantitative estimate of drug-likeness (QED) is 0.779. The zero-order chi connectivity index (χ0) is 14.6. The molecule has 0 saturated carbocycles. The maximum absolute atomic E-state index is 13.5. The molecule has 108 valence electrons. The third-order valence-electron chi connectivity index (χ3n) is 3.28. The van der Waals surface area contributed by atoms with E-state index in [4.69, 9.17) is 0 Å². The number of hydrogen-bond acceptors (Lipinski definition) is 1. The summed E-state index contributed by atoms with van der Waals surface area (Å²) in [5, 5.41) is 3.04. The molecule has 1 nitrogen and oxygen atoms in total. The standard InChI is InChI=1S/C14H19F4N/c1-4-5-9(2)13(19-3)10-6-7-11(12(15)8-10)14(16,17)18/h6-9,13,19H,4-5H2,1-3H3. The van der Waals surface area contributed by atoms with E-state index in [1.54, 1.807) is 7.05 Å². The van der Waals surface area contributed by atoms with Crippen LogP contribution in [0.2, 0.25) is 0 Å². The van der Waals surface area contributed by atoms with Crippen LogP contribution in [0.25, 0.3) is 0 Å². The van der Waals surface area contributed by atoms with E-state index in [9.17, 15) is 17.6 Å². The number of halogens is 4. The Morgan fingerprint density at radius 3 is 2.32 bits per heavy atom. The van der Waals surface area contributed by atoms with Crippen molar-refractivity contribution in [3.05, 3.63) is 35.1 Å². The summed E-state index contributed by atoms with van der Waals surface area (Å²) >= 11 is 0. The monoisotopic (exact) mass is 277 g/mol. The number of alkyl halides is 3. The lowest BCUT2D eigenvalue weighted by molar-refractivity contribution is -0.140. The zero-order valence-corrected chi connectivity index (χ0v) is 11.3. The van der Waals surface area contributed by atoms with Crippen molar-refractivity contribution in [2.45, 2.75) is 38.9 Å². The Labute approximate surface area is 111 Å². The zero-order valence-electron chi connectivity index (χ0n) is 11.3. The van der Waals surface area contributed by atoms with E-state index in [-0.39, 0.29) is 12.0 Å². The molecule has 1 rings (SSSR count). The number of nitrogens with one attached hydrogen (secondary N) is 1. The van der Waals surface area contributed by atoms with E-state index in [0.29, 0.717) is 5.56 Å². The lowest BCUT2D eigenvalue weighted by Gasteiger charge is -2.24. The molecular formula is C14H19F4N. The second-order valence-corrected chi connectivity index (χ2v) is 4.77. The minimum Gasteiger partial charge on any atom is -0.313 e. The normalized spacial score (nSPS) is 15.3. The van der Waals surface area contributed by atoms with Crippen LogP contribution in [-0.4, -0.2) is 7.05 Å². The SMILES string of the molecule is CCCC(C)C(NC)c1ccc(C(F)(F)F)c(F)c1. The first-order chi connectivity index (χ1) is 8.81. The highest BCUT2D eigenvalue weighted by Crippen LogP contribution is 2.33. The van der Waals surface area contributed by atoms with Crippen molar-refractivity contribution in [3.63, 3.8) is 0 Å². The topological polar surface area (TPSA) is 12.0 Å². The third kappa shape index (κ3) is 3.93. The molecular weight excluding hydrogens is 258 g/mol. The van der Waals surface area contributed by atoms with Crippen molar-refractivity contribution in [1.29, 1.82) is 0 Å². The van der Waals surface area contributed by atoms with Crippen LogP contribution in [0.15, 0.2) is 18.2 Å². The summed E-state index contributed by atoms with van der Waals surface area (Å²) in [6, 6.07) is 3.00. The number of benzene rings is 1. The van der Waals surface area contributed by atoms with Gasteiger partial charge in [-0.1, -0.05) is 26.3 Å². The van der Waals surface area contributed by atoms with Gasteiger partial charge >= 0.3 is 6.18 Å². The lowest BCUT2D eigenvalue weighted by atomic mass is 9.90. The summed E-state index contributed by atoms with van der Waals surface area (Å²) in [5.41, 5.74) is -0.664. The fourth-order valence-electron chi connectivity index (χ4n) is 2.36. The molecule has 5 heteroatoms. The Hall–Kier alpha value is -1.10. The van der Waals surface area contributed by atoms with Gasteiger partial charge in [-0.2, -0.15) is 13.2 Å². The van der Waals surface area contributed by atoms with Crippen LogP contribution in [-0.2, 0) is 6.18 Å². The van der Waals surface area contributed by atoms with E-state index < -0.39 is 17.6 Å². The molecule has 0 aromatic heterocycles. The fraction of sp³-hybridized carbons (Fsp3) is 0.571. The van der Waals surface area contributed by atoms with E-state index >= 15 is 0 Å². The van der Waals surface area contributed by atoms with Crippen LogP contribution in [0.3, 0.4) is 0 Å². The number of rotatable bonds is 5. The highest BCUT2D eigenvalue weighted by atomic mass is 19.4. The summed E-state index contributed by atoms with van der Waals surface area (Å²) in [6.07, 6.45) is -2.75. The van der Waals surface area contributed by atoms with Gasteiger partial charge in [0.2, 0.25) is 0 Å². The highest BCUT2D eigenvalue weighted by molar-refractivity contribution is 5.28. The van der Waals surface area contributed by atoms with E-state index in [0.717, 1.165) is 25.0 Å². The van der Waals surface area contributed by atoms with Crippen LogP contribution in [0.5, 0.6) is 0 Å². The fourth-order valence-corrected chi connectivity index (χ4v) is 2.36. The lowest BCUT2D eigenvalue weighted by Crippen LogP contribution is -2.24. The molecule has 2 unspecified atom stereocenters. The maximum Gasteiger partial charge on any atom is 0.419 e. The summed E-state index contributed by atoms with van der Waals surface area (Å²) in [6.45, 7) is 4.04. The minimum absolute atomic E-state index is 0.142. The van der Waals surface area contributed by atoms with Crippen molar-refractivity contribution in [3.8, 4) is 0 Å². The molecule has 0 aliphatic heterocycles. The molecule has 0 heterocycles. The molecule has 0 aliphatic rings. The van der Waals surface area contributed by atoms with Crippen LogP contribution >= 0.6 is 0 Å². The Morgan fingerprint density at radius 2 is 1.89 bits per heavy atom. The van der Waals surface area contributed by atoms with Crippen LogP contribution < -0.4 is 5.32 Å². The molecule has 0 saturated heterocycles. The molecule has 1 aromatic rings. The van der Waals surface area contributed by atoms with Gasteiger partial charge in [-0.3, -0.25) is 0 Å². The molecule has 1 N–H and O–H groups in total. The molecule has 0 amide bonds. The second-order valence-electron chi connectivity index (χ2n) is 4.77. The van der Waals surface area contributed by atoms with Gasteiger partial charge in [0.15, 0.2) is 0 Å². The van der Waals surface area contributed by atoms with Crippen LogP contribution in [0, 0.1) is 11.7 Å². The predicted octanol–water partition coefficient (Wildman–Crippen LogP) is 4.54. The smallest absolute Gasteiger partial charge is 0.313 e. The molecule has 0 bridgehead atoms. The first kappa shape index (κ1) is 16.0. The van der Waals surface area contributed by atoms with Gasteiger partial charge in [0.1, 0.15) is 5.82 Å². The average Bonchev–Trinajstić information content (AvgIpc) is 2.28. The maximum atomic E-state index is 13.5. The van der Waals surface area contributed by atoms with Gasteiger partial charge in [0.25, 0.3) is 0 Å². The van der Waals surface area contributed by atoms with Crippen molar-refractivity contribution >= 4 is 0 Å². The summed E-state index contributed by atoms with van der Waals surface area (Å²) < 4.78 is 51.0. The van der Waals surface area contributed by atoms with Crippen molar-refractivity contribution in [2.24, 2.45) is 5.92 Å². The molecule has 19 heavy (non-hydrogen) atoms. The molecule has 0 fully saturated rings. The van der Waals surface area contributed by atoms with E-state index in [2.05, 4.69) is 5.32 Å². The molecule has 1 aromatic carbocycles. The van der Waals surface area contributed by atoms with Crippen LogP contribution in [0.4, 0.5) is 17.6 Å². The van der Waals surface area contributed by atoms with E-state index in [1.807, 2.05) is 13.8 Å². The molecule has 0 radical (unpaired) electrons. The minimum atomic E-state index is -4.65. The Kier molecular flexibility index (Phi) is 5.35. The van der Waals surface area contributed by atoms with Crippen LogP contribution in [0.1, 0.15) is 43.9 Å². The Balaban J connectivity index is 3.05. The summed E-state index contributed by atoms with van der Waals surface area (Å²) in [4.78, 5) is 0. The van der Waals surface area contributed by atoms with Gasteiger partial charge in [-0.15, -0.1) is 0 Å². The van der Waals surface area contributed by atoms with E-state index in [1.165, 1.54) is 6.07 Å². The second kappa shape index (κ2) is 6.37. The highest BCUT2D eigenvalue weighted by Gasteiger charge is 2.34. The Morgan fingerprint density at radius 1 is 1.26 bits per heavy atom. The molecule has 2 atom stereocenters. The Bertz CT molecular complexity index is 414. The van der Waals surface area contributed by atoms with Crippen molar-refractivity contribution in [2.75, 3.05) is 7.05 Å². The molecule has 0 spiro atoms. The largest absolute Gasteiger partial charge is 0.419 e. The summed E-state index contributed by atoms with van der Waals surface area (Å²) in [7, 11) is 1.73. The first-order valence-electron chi connectivity index (χ1n) is 6.35. The predicted molar refractivity (Wildman–Crippen MR) is 67.3 cm³/mol. The van der Waals surface area contributed by atoms with Gasteiger partial charge in [-0.05, 0) is 37.1 Å². The molecule has 0 aliphatic carbocycles. The van der Waals surface area contributed by atoms with Crippen molar-refractivity contribution < 1.29 is 17.6 Å². The number of hydrogen-bond donors (Lipinski definition) is 1. The van der Waals surface area contributed by atoms with Gasteiger partial charge in [-0.25, -0.2) is 4.39 Å². The van der Waals surface area contributed by atoms with Gasteiger partial charge in [0.05, 0.1) is 5.56 Å². The van der Waals surface area contributed by atoms with Gasteiger partial charge in [0, 0.05) is 6.04 Å². The van der Waals surface area contributed by atoms with Crippen molar-refractivity contribution in [1.82, 2.24) is 5.32 Å². The first-order valence-corrected chi connectivity index (χ1v) is 6.35. The average molecular weight is 277 g/mol.